The maximum atomic E-state index is 13.2. The van der Waals surface area contributed by atoms with Crippen LogP contribution in [0.15, 0.2) is 47.6 Å². The van der Waals surface area contributed by atoms with Crippen molar-refractivity contribution < 1.29 is 4.39 Å². The summed E-state index contributed by atoms with van der Waals surface area (Å²) in [5.41, 5.74) is 1.94. The van der Waals surface area contributed by atoms with Crippen LogP contribution in [0.5, 0.6) is 0 Å². The van der Waals surface area contributed by atoms with Crippen molar-refractivity contribution in [2.75, 3.05) is 13.1 Å². The fourth-order valence-electron chi connectivity index (χ4n) is 2.03. The lowest BCUT2D eigenvalue weighted by atomic mass is 10.2. The smallest absolute Gasteiger partial charge is 0.191 e. The Labute approximate surface area is 164 Å². The number of aromatic nitrogens is 1. The maximum absolute atomic E-state index is 13.2. The van der Waals surface area contributed by atoms with Crippen molar-refractivity contribution in [3.63, 3.8) is 0 Å². The first-order valence-corrected chi connectivity index (χ1v) is 7.92. The molecule has 0 bridgehead atoms. The van der Waals surface area contributed by atoms with Gasteiger partial charge in [0, 0.05) is 19.3 Å². The van der Waals surface area contributed by atoms with Crippen LogP contribution >= 0.6 is 35.6 Å². The predicted molar refractivity (Wildman–Crippen MR) is 108 cm³/mol. The first-order valence-electron chi connectivity index (χ1n) is 7.54. The van der Waals surface area contributed by atoms with E-state index in [1.54, 1.807) is 18.3 Å². The summed E-state index contributed by atoms with van der Waals surface area (Å²) >= 11 is 5.77. The second-order valence-electron chi connectivity index (χ2n) is 4.99. The Morgan fingerprint density at radius 2 is 2.04 bits per heavy atom. The number of hydrogen-bond acceptors (Lipinski definition) is 2. The topological polar surface area (TPSA) is 49.3 Å². The van der Waals surface area contributed by atoms with Crippen LogP contribution in [0.1, 0.15) is 18.1 Å². The van der Waals surface area contributed by atoms with Gasteiger partial charge < -0.3 is 10.6 Å². The first kappa shape index (κ1) is 20.6. The lowest BCUT2D eigenvalue weighted by molar-refractivity contribution is 0.625. The molecule has 1 aromatic carbocycles. The molecule has 0 aliphatic carbocycles. The van der Waals surface area contributed by atoms with Crippen LogP contribution in [0.3, 0.4) is 0 Å². The van der Waals surface area contributed by atoms with Crippen molar-refractivity contribution >= 4 is 41.5 Å². The Morgan fingerprint density at radius 1 is 1.21 bits per heavy atom. The van der Waals surface area contributed by atoms with Gasteiger partial charge in [0.1, 0.15) is 11.0 Å². The van der Waals surface area contributed by atoms with E-state index in [0.29, 0.717) is 17.7 Å². The third-order valence-corrected chi connectivity index (χ3v) is 3.37. The Morgan fingerprint density at radius 3 is 2.71 bits per heavy atom. The van der Waals surface area contributed by atoms with Crippen molar-refractivity contribution in [2.45, 2.75) is 19.9 Å². The Bertz CT molecular complexity index is 649. The highest BCUT2D eigenvalue weighted by atomic mass is 127. The number of halogens is 3. The van der Waals surface area contributed by atoms with Crippen LogP contribution in [0.2, 0.25) is 5.15 Å². The van der Waals surface area contributed by atoms with Gasteiger partial charge in [-0.15, -0.1) is 24.0 Å². The minimum atomic E-state index is -0.245. The van der Waals surface area contributed by atoms with E-state index in [1.807, 2.05) is 19.1 Å². The van der Waals surface area contributed by atoms with Crippen LogP contribution in [0.25, 0.3) is 0 Å². The highest BCUT2D eigenvalue weighted by molar-refractivity contribution is 14.0. The molecule has 1 heterocycles. The molecule has 0 radical (unpaired) electrons. The zero-order valence-corrected chi connectivity index (χ0v) is 16.5. The van der Waals surface area contributed by atoms with Gasteiger partial charge in [0.2, 0.25) is 0 Å². The predicted octanol–water partition coefficient (Wildman–Crippen LogP) is 3.79. The number of aliphatic imine (C=N–C) groups is 1. The summed E-state index contributed by atoms with van der Waals surface area (Å²) in [7, 11) is 0. The molecular weight excluding hydrogens is 442 g/mol. The number of hydrogen-bond donors (Lipinski definition) is 2. The van der Waals surface area contributed by atoms with Crippen LogP contribution in [-0.4, -0.2) is 24.0 Å². The number of benzene rings is 1. The number of pyridine rings is 1. The van der Waals surface area contributed by atoms with Crippen molar-refractivity contribution in [2.24, 2.45) is 4.99 Å². The molecule has 0 fully saturated rings. The molecule has 4 nitrogen and oxygen atoms in total. The van der Waals surface area contributed by atoms with Gasteiger partial charge in [-0.3, -0.25) is 0 Å². The van der Waals surface area contributed by atoms with Crippen LogP contribution in [0.4, 0.5) is 4.39 Å². The van der Waals surface area contributed by atoms with E-state index in [0.717, 1.165) is 30.6 Å². The van der Waals surface area contributed by atoms with Gasteiger partial charge in [-0.2, -0.15) is 0 Å². The van der Waals surface area contributed by atoms with Crippen molar-refractivity contribution in [1.29, 1.82) is 0 Å². The lowest BCUT2D eigenvalue weighted by Crippen LogP contribution is -2.38. The van der Waals surface area contributed by atoms with E-state index in [1.165, 1.54) is 12.1 Å². The number of rotatable bonds is 6. The van der Waals surface area contributed by atoms with Gasteiger partial charge >= 0.3 is 0 Å². The first-order chi connectivity index (χ1) is 11.2. The van der Waals surface area contributed by atoms with E-state index in [-0.39, 0.29) is 29.8 Å². The van der Waals surface area contributed by atoms with Gasteiger partial charge in [0.15, 0.2) is 5.96 Å². The fourth-order valence-corrected chi connectivity index (χ4v) is 2.14. The minimum absolute atomic E-state index is 0. The molecule has 0 aliphatic heterocycles. The molecular formula is C17H21ClFIN4. The summed E-state index contributed by atoms with van der Waals surface area (Å²) in [5.74, 6) is 0.463. The molecule has 0 spiro atoms. The van der Waals surface area contributed by atoms with Gasteiger partial charge in [0.25, 0.3) is 0 Å². The van der Waals surface area contributed by atoms with Crippen molar-refractivity contribution in [1.82, 2.24) is 15.6 Å². The standard InChI is InChI=1S/C17H20ClFN4.HI/c1-2-20-17(23-12-14-4-3-5-15(19)10-14)21-9-8-13-6-7-16(18)22-11-13;/h3-7,10-11H,2,8-9,12H2,1H3,(H2,20,21,23);1H. The molecule has 0 saturated carbocycles. The molecule has 0 atom stereocenters. The molecule has 0 amide bonds. The number of guanidine groups is 1. The molecule has 0 unspecified atom stereocenters. The van der Waals surface area contributed by atoms with Gasteiger partial charge in [-0.05, 0) is 42.7 Å². The summed E-state index contributed by atoms with van der Waals surface area (Å²) in [5, 5.41) is 6.92. The normalized spacial score (nSPS) is 10.9. The summed E-state index contributed by atoms with van der Waals surface area (Å²) in [4.78, 5) is 8.51. The third kappa shape index (κ3) is 7.44. The van der Waals surface area contributed by atoms with Crippen molar-refractivity contribution in [3.8, 4) is 0 Å². The molecule has 0 saturated heterocycles. The Kier molecular flexibility index (Phi) is 9.63. The molecule has 7 heteroatoms. The minimum Gasteiger partial charge on any atom is -0.357 e. The lowest BCUT2D eigenvalue weighted by Gasteiger charge is -2.11. The zero-order chi connectivity index (χ0) is 16.5. The average molecular weight is 463 g/mol. The summed E-state index contributed by atoms with van der Waals surface area (Å²) < 4.78 is 13.2. The van der Waals surface area contributed by atoms with Crippen LogP contribution in [-0.2, 0) is 13.0 Å². The van der Waals surface area contributed by atoms with Crippen LogP contribution < -0.4 is 10.6 Å². The van der Waals surface area contributed by atoms with E-state index in [9.17, 15) is 4.39 Å². The molecule has 0 aliphatic rings. The molecule has 24 heavy (non-hydrogen) atoms. The molecule has 2 N–H and O–H groups in total. The molecule has 2 aromatic rings. The fraction of sp³-hybridized carbons (Fsp3) is 0.294. The monoisotopic (exact) mass is 462 g/mol. The van der Waals surface area contributed by atoms with E-state index in [2.05, 4.69) is 20.6 Å². The second-order valence-corrected chi connectivity index (χ2v) is 5.38. The highest BCUT2D eigenvalue weighted by Crippen LogP contribution is 2.06. The molecule has 1 aromatic heterocycles. The number of nitrogens with one attached hydrogen (secondary N) is 2. The summed E-state index contributed by atoms with van der Waals surface area (Å²) in [6.45, 7) is 3.91. The molecule has 130 valence electrons. The van der Waals surface area contributed by atoms with E-state index < -0.39 is 0 Å². The van der Waals surface area contributed by atoms with E-state index in [4.69, 9.17) is 11.6 Å². The Balaban J connectivity index is 0.00000288. The summed E-state index contributed by atoms with van der Waals surface area (Å²) in [6.07, 6.45) is 2.58. The third-order valence-electron chi connectivity index (χ3n) is 3.15. The second kappa shape index (κ2) is 11.2. The van der Waals surface area contributed by atoms with Gasteiger partial charge in [-0.1, -0.05) is 29.8 Å². The maximum Gasteiger partial charge on any atom is 0.191 e. The number of nitrogens with zero attached hydrogens (tertiary/aromatic N) is 2. The van der Waals surface area contributed by atoms with Crippen molar-refractivity contribution in [3.05, 3.63) is 64.7 Å². The Hall–Kier alpha value is -1.41. The highest BCUT2D eigenvalue weighted by Gasteiger charge is 2.00. The van der Waals surface area contributed by atoms with Gasteiger partial charge in [-0.25, -0.2) is 14.4 Å². The SMILES string of the molecule is CCNC(=NCc1cccc(F)c1)NCCc1ccc(Cl)nc1.I. The van der Waals surface area contributed by atoms with Gasteiger partial charge in [0.05, 0.1) is 6.54 Å². The zero-order valence-electron chi connectivity index (χ0n) is 13.4. The van der Waals surface area contributed by atoms with E-state index >= 15 is 0 Å². The summed E-state index contributed by atoms with van der Waals surface area (Å²) in [6, 6.07) is 10.2. The van der Waals surface area contributed by atoms with Crippen LogP contribution in [0, 0.1) is 5.82 Å². The average Bonchev–Trinajstić information content (AvgIpc) is 2.54. The largest absolute Gasteiger partial charge is 0.357 e. The quantitative estimate of drug-likeness (QED) is 0.297. The molecule has 2 rings (SSSR count).